The van der Waals surface area contributed by atoms with Gasteiger partial charge < -0.3 is 10.1 Å². The number of carbonyl (C=O) groups is 1. The lowest BCUT2D eigenvalue weighted by Gasteiger charge is -2.11. The predicted octanol–water partition coefficient (Wildman–Crippen LogP) is 3.31. The van der Waals surface area contributed by atoms with E-state index in [1.54, 1.807) is 0 Å². The highest BCUT2D eigenvalue weighted by molar-refractivity contribution is 9.10. The van der Waals surface area contributed by atoms with Crippen LogP contribution < -0.4 is 10.1 Å². The van der Waals surface area contributed by atoms with Crippen molar-refractivity contribution in [1.82, 2.24) is 5.32 Å². The monoisotopic (exact) mass is 397 g/mol. The molecule has 0 radical (unpaired) electrons. The molecule has 0 atom stereocenters. The van der Waals surface area contributed by atoms with Gasteiger partial charge in [-0.3, -0.25) is 4.79 Å². The number of benzene rings is 1. The molecule has 0 aliphatic carbocycles. The van der Waals surface area contributed by atoms with Crippen LogP contribution in [-0.2, 0) is 9.05 Å². The zero-order chi connectivity index (χ0) is 16.0. The molecule has 0 aliphatic heterocycles. The molecule has 0 bridgehead atoms. The van der Waals surface area contributed by atoms with E-state index in [0.29, 0.717) is 11.0 Å². The highest BCUT2D eigenvalue weighted by atomic mass is 79.9. The van der Waals surface area contributed by atoms with Crippen LogP contribution in [0, 0.1) is 0 Å². The molecule has 1 amide bonds. The van der Waals surface area contributed by atoms with E-state index in [-0.39, 0.29) is 22.1 Å². The van der Waals surface area contributed by atoms with Gasteiger partial charge in [0, 0.05) is 22.8 Å². The number of ether oxygens (including phenoxy) is 1. The Morgan fingerprint density at radius 2 is 2.05 bits per heavy atom. The summed E-state index contributed by atoms with van der Waals surface area (Å²) >= 11 is 3.18. The Balaban J connectivity index is 3.04. The van der Waals surface area contributed by atoms with Gasteiger partial charge >= 0.3 is 0 Å². The number of hydrogen-bond acceptors (Lipinski definition) is 4. The third kappa shape index (κ3) is 5.16. The average molecular weight is 399 g/mol. The maximum absolute atomic E-state index is 12.0. The molecule has 5 nitrogen and oxygen atoms in total. The Kier molecular flexibility index (Phi) is 6.96. The van der Waals surface area contributed by atoms with E-state index >= 15 is 0 Å². The van der Waals surface area contributed by atoms with Gasteiger partial charge in [-0.2, -0.15) is 0 Å². The summed E-state index contributed by atoms with van der Waals surface area (Å²) in [7, 11) is 2.69. The molecule has 118 valence electrons. The fraction of sp³-hybridized carbons (Fsp3) is 0.462. The van der Waals surface area contributed by atoms with Gasteiger partial charge in [-0.1, -0.05) is 19.8 Å². The zero-order valence-corrected chi connectivity index (χ0v) is 14.9. The summed E-state index contributed by atoms with van der Waals surface area (Å²) in [6.07, 6.45) is 2.95. The number of nitrogens with one attached hydrogen (secondary N) is 1. The second kappa shape index (κ2) is 8.00. The van der Waals surface area contributed by atoms with Crippen LogP contribution in [0.15, 0.2) is 21.5 Å². The molecule has 0 saturated heterocycles. The minimum Gasteiger partial charge on any atom is -0.494 e. The van der Waals surface area contributed by atoms with Crippen LogP contribution in [0.2, 0.25) is 0 Å². The number of carbonyl (C=O) groups excluding carboxylic acids is 1. The van der Waals surface area contributed by atoms with Gasteiger partial charge in [0.15, 0.2) is 5.75 Å². The highest BCUT2D eigenvalue weighted by Gasteiger charge is 2.22. The third-order valence-corrected chi connectivity index (χ3v) is 4.72. The molecule has 0 saturated carbocycles. The number of halogens is 2. The van der Waals surface area contributed by atoms with Crippen molar-refractivity contribution >= 4 is 41.6 Å². The van der Waals surface area contributed by atoms with Gasteiger partial charge in [-0.05, 0) is 34.5 Å². The van der Waals surface area contributed by atoms with E-state index in [9.17, 15) is 13.2 Å². The topological polar surface area (TPSA) is 72.5 Å². The molecule has 1 aromatic rings. The lowest BCUT2D eigenvalue weighted by molar-refractivity contribution is 0.0952. The number of hydrogen-bond donors (Lipinski definition) is 1. The van der Waals surface area contributed by atoms with Crippen LogP contribution in [-0.4, -0.2) is 28.0 Å². The molecule has 1 rings (SSSR count). The van der Waals surface area contributed by atoms with Crippen LogP contribution in [0.5, 0.6) is 5.75 Å². The molecule has 1 aromatic carbocycles. The van der Waals surface area contributed by atoms with Crippen molar-refractivity contribution < 1.29 is 17.9 Å². The maximum atomic E-state index is 12.0. The second-order valence-electron chi connectivity index (χ2n) is 4.39. The molecule has 1 N–H and O–H groups in total. The summed E-state index contributed by atoms with van der Waals surface area (Å²) in [6.45, 7) is 2.61. The number of rotatable bonds is 7. The van der Waals surface area contributed by atoms with E-state index < -0.39 is 9.05 Å². The van der Waals surface area contributed by atoms with E-state index in [2.05, 4.69) is 28.2 Å². The molecule has 0 fully saturated rings. The summed E-state index contributed by atoms with van der Waals surface area (Å²) < 4.78 is 28.5. The van der Waals surface area contributed by atoms with Gasteiger partial charge in [0.25, 0.3) is 15.0 Å². The van der Waals surface area contributed by atoms with Gasteiger partial charge in [0.1, 0.15) is 4.90 Å². The number of unbranched alkanes of at least 4 members (excludes halogenated alkanes) is 2. The van der Waals surface area contributed by atoms with Crippen molar-refractivity contribution in [1.29, 1.82) is 0 Å². The normalized spacial score (nSPS) is 11.2. The molecule has 0 aromatic heterocycles. The van der Waals surface area contributed by atoms with Crippen LogP contribution in [0.3, 0.4) is 0 Å². The van der Waals surface area contributed by atoms with Crippen LogP contribution in [0.1, 0.15) is 36.5 Å². The lowest BCUT2D eigenvalue weighted by Crippen LogP contribution is -2.24. The number of amides is 1. The second-order valence-corrected chi connectivity index (χ2v) is 7.78. The zero-order valence-electron chi connectivity index (χ0n) is 11.8. The quantitative estimate of drug-likeness (QED) is 0.565. The van der Waals surface area contributed by atoms with Crippen molar-refractivity contribution in [2.24, 2.45) is 0 Å². The smallest absolute Gasteiger partial charge is 0.265 e. The molecule has 0 spiro atoms. The Morgan fingerprint density at radius 3 is 2.57 bits per heavy atom. The highest BCUT2D eigenvalue weighted by Crippen LogP contribution is 2.35. The Morgan fingerprint density at radius 1 is 1.38 bits per heavy atom. The first-order valence-corrected chi connectivity index (χ1v) is 9.51. The van der Waals surface area contributed by atoms with Crippen molar-refractivity contribution in [3.8, 4) is 5.75 Å². The lowest BCUT2D eigenvalue weighted by atomic mass is 10.2. The summed E-state index contributed by atoms with van der Waals surface area (Å²) in [4.78, 5) is 11.8. The summed E-state index contributed by atoms with van der Waals surface area (Å²) in [5.74, 6) is -0.274. The largest absolute Gasteiger partial charge is 0.494 e. The van der Waals surface area contributed by atoms with Gasteiger partial charge in [0.05, 0.1) is 11.6 Å². The van der Waals surface area contributed by atoms with E-state index in [0.717, 1.165) is 19.3 Å². The van der Waals surface area contributed by atoms with Gasteiger partial charge in [-0.15, -0.1) is 0 Å². The first-order valence-electron chi connectivity index (χ1n) is 6.41. The molecule has 0 heterocycles. The molecular weight excluding hydrogens is 382 g/mol. The summed E-state index contributed by atoms with van der Waals surface area (Å²) in [5.41, 5.74) is 0.207. The SMILES string of the molecule is CCCCCNC(=O)c1cc(Br)c(OC)c(S(=O)(=O)Cl)c1. The molecule has 8 heteroatoms. The standard InChI is InChI=1S/C13H17BrClNO4S/c1-3-4-5-6-16-13(17)9-7-10(14)12(20-2)11(8-9)21(15,18)19/h7-8H,3-6H2,1-2H3,(H,16,17). The van der Waals surface area contributed by atoms with Crippen LogP contribution in [0.25, 0.3) is 0 Å². The first kappa shape index (κ1) is 18.3. The van der Waals surface area contributed by atoms with Gasteiger partial charge in [0.2, 0.25) is 0 Å². The average Bonchev–Trinajstić information content (AvgIpc) is 2.41. The fourth-order valence-electron chi connectivity index (χ4n) is 1.76. The summed E-state index contributed by atoms with van der Waals surface area (Å²) in [6, 6.07) is 2.71. The summed E-state index contributed by atoms with van der Waals surface area (Å²) in [5, 5.41) is 2.74. The van der Waals surface area contributed by atoms with Crippen molar-refractivity contribution in [3.63, 3.8) is 0 Å². The predicted molar refractivity (Wildman–Crippen MR) is 85.6 cm³/mol. The van der Waals surface area contributed by atoms with Crippen molar-refractivity contribution in [2.45, 2.75) is 31.1 Å². The van der Waals surface area contributed by atoms with E-state index in [4.69, 9.17) is 15.4 Å². The Bertz CT molecular complexity index is 619. The third-order valence-electron chi connectivity index (χ3n) is 2.80. The van der Waals surface area contributed by atoms with E-state index in [1.807, 2.05) is 0 Å². The van der Waals surface area contributed by atoms with Crippen molar-refractivity contribution in [2.75, 3.05) is 13.7 Å². The first-order chi connectivity index (χ1) is 9.81. The van der Waals surface area contributed by atoms with Crippen LogP contribution >= 0.6 is 26.6 Å². The minimum absolute atomic E-state index is 0.0764. The van der Waals surface area contributed by atoms with E-state index in [1.165, 1.54) is 19.2 Å². The minimum atomic E-state index is -4.02. The molecular formula is C13H17BrClNO4S. The van der Waals surface area contributed by atoms with Crippen molar-refractivity contribution in [3.05, 3.63) is 22.2 Å². The molecule has 0 unspecified atom stereocenters. The van der Waals surface area contributed by atoms with Crippen LogP contribution in [0.4, 0.5) is 0 Å². The Labute approximate surface area is 137 Å². The molecule has 0 aliphatic rings. The Hall–Kier alpha value is -0.790. The van der Waals surface area contributed by atoms with Gasteiger partial charge in [-0.25, -0.2) is 8.42 Å². The maximum Gasteiger partial charge on any atom is 0.265 e. The number of methoxy groups -OCH3 is 1. The molecule has 21 heavy (non-hydrogen) atoms. The fourth-order valence-corrected chi connectivity index (χ4v) is 3.54.